The molecule has 0 N–H and O–H groups in total. The Morgan fingerprint density at radius 2 is 2.20 bits per heavy atom. The Hall–Kier alpha value is -0.750. The average molecular weight is 221 g/mol. The maximum atomic E-state index is 11.8. The summed E-state index contributed by atoms with van der Waals surface area (Å²) in [7, 11) is 0. The Labute approximate surface area is 86.1 Å². The molecule has 0 aromatic carbocycles. The van der Waals surface area contributed by atoms with Gasteiger partial charge in [0.15, 0.2) is 0 Å². The zero-order valence-corrected chi connectivity index (χ0v) is 8.20. The van der Waals surface area contributed by atoms with Crippen LogP contribution < -0.4 is 0 Å². The van der Waals surface area contributed by atoms with Crippen LogP contribution in [0.2, 0.25) is 0 Å². The number of ether oxygens (including phenoxy) is 2. The van der Waals surface area contributed by atoms with Gasteiger partial charge in [-0.3, -0.25) is 4.79 Å². The van der Waals surface area contributed by atoms with Crippen molar-refractivity contribution in [2.45, 2.75) is 31.7 Å². The number of hydrogen-bond acceptors (Lipinski definition) is 3. The van der Waals surface area contributed by atoms with Crippen LogP contribution in [-0.2, 0) is 14.3 Å². The summed E-state index contributed by atoms with van der Waals surface area (Å²) in [5, 5.41) is 0. The van der Waals surface area contributed by atoms with E-state index in [1.54, 1.807) is 0 Å². The van der Waals surface area contributed by atoms with Crippen molar-refractivity contribution in [1.29, 1.82) is 0 Å². The highest BCUT2D eigenvalue weighted by Gasteiger charge is 2.37. The predicted octanol–water partition coefficient (Wildman–Crippen LogP) is 0.615. The van der Waals surface area contributed by atoms with E-state index >= 15 is 0 Å². The van der Waals surface area contributed by atoms with Gasteiger partial charge in [0.05, 0.1) is 6.10 Å². The number of carbonyl (C=O) groups excluding carboxylic acids is 1. The molecule has 2 aliphatic heterocycles. The Morgan fingerprint density at radius 3 is 2.73 bits per heavy atom. The predicted molar refractivity (Wildman–Crippen MR) is 46.4 cm³/mol. The first kappa shape index (κ1) is 10.8. The van der Waals surface area contributed by atoms with Crippen LogP contribution in [0.4, 0.5) is 8.78 Å². The number of alkyl halides is 2. The molecule has 2 fully saturated rings. The third-order valence-electron chi connectivity index (χ3n) is 2.66. The molecule has 0 saturated carbocycles. The first-order valence-corrected chi connectivity index (χ1v) is 5.01. The Balaban J connectivity index is 1.71. The van der Waals surface area contributed by atoms with E-state index in [2.05, 4.69) is 4.74 Å². The summed E-state index contributed by atoms with van der Waals surface area (Å²) < 4.78 is 33.0. The Morgan fingerprint density at radius 1 is 1.47 bits per heavy atom. The van der Waals surface area contributed by atoms with E-state index in [1.165, 1.54) is 4.90 Å². The number of halogens is 2. The fourth-order valence-electron chi connectivity index (χ4n) is 1.83. The van der Waals surface area contributed by atoms with E-state index in [0.717, 1.165) is 12.8 Å². The molecule has 0 radical (unpaired) electrons. The second-order valence-corrected chi connectivity index (χ2v) is 3.76. The van der Waals surface area contributed by atoms with Gasteiger partial charge in [-0.2, -0.15) is 8.78 Å². The fourth-order valence-corrected chi connectivity index (χ4v) is 1.83. The molecule has 0 aliphatic carbocycles. The maximum Gasteiger partial charge on any atom is 0.345 e. The number of amides is 1. The number of likely N-dealkylation sites (tertiary alicyclic amines) is 1. The summed E-state index contributed by atoms with van der Waals surface area (Å²) in [5.41, 5.74) is 0. The van der Waals surface area contributed by atoms with Crippen LogP contribution in [0.15, 0.2) is 0 Å². The third kappa shape index (κ3) is 2.43. The molecular formula is C9H13F2NO3. The van der Waals surface area contributed by atoms with E-state index < -0.39 is 12.7 Å². The van der Waals surface area contributed by atoms with Crippen LogP contribution in [0.3, 0.4) is 0 Å². The smallest absolute Gasteiger partial charge is 0.345 e. The molecule has 1 atom stereocenters. The van der Waals surface area contributed by atoms with Crippen LogP contribution in [0, 0.1) is 0 Å². The van der Waals surface area contributed by atoms with Crippen LogP contribution in [0.5, 0.6) is 0 Å². The van der Waals surface area contributed by atoms with Crippen molar-refractivity contribution in [2.24, 2.45) is 0 Å². The second-order valence-electron chi connectivity index (χ2n) is 3.76. The van der Waals surface area contributed by atoms with Gasteiger partial charge in [-0.05, 0) is 12.8 Å². The van der Waals surface area contributed by atoms with Crippen molar-refractivity contribution in [3.63, 3.8) is 0 Å². The molecule has 4 nitrogen and oxygen atoms in total. The van der Waals surface area contributed by atoms with E-state index in [-0.39, 0.29) is 25.1 Å². The quantitative estimate of drug-likeness (QED) is 0.701. The van der Waals surface area contributed by atoms with Gasteiger partial charge in [0, 0.05) is 19.7 Å². The van der Waals surface area contributed by atoms with Gasteiger partial charge < -0.3 is 14.4 Å². The minimum absolute atomic E-state index is 0.0957. The minimum atomic E-state index is -2.75. The molecule has 2 aliphatic rings. The molecule has 2 saturated heterocycles. The molecule has 86 valence electrons. The van der Waals surface area contributed by atoms with Crippen LogP contribution in [-0.4, -0.2) is 49.3 Å². The zero-order valence-electron chi connectivity index (χ0n) is 8.20. The number of hydrogen-bond donors (Lipinski definition) is 0. The molecule has 6 heteroatoms. The zero-order chi connectivity index (χ0) is 10.8. The van der Waals surface area contributed by atoms with E-state index in [1.807, 2.05) is 0 Å². The molecule has 0 bridgehead atoms. The third-order valence-corrected chi connectivity index (χ3v) is 2.66. The Kier molecular flexibility index (Phi) is 3.16. The average Bonchev–Trinajstić information content (AvgIpc) is 2.61. The van der Waals surface area contributed by atoms with Gasteiger partial charge in [-0.15, -0.1) is 0 Å². The molecule has 2 heterocycles. The highest BCUT2D eigenvalue weighted by atomic mass is 19.3. The molecule has 2 rings (SSSR count). The molecule has 15 heavy (non-hydrogen) atoms. The van der Waals surface area contributed by atoms with Gasteiger partial charge in [0.1, 0.15) is 6.10 Å². The summed E-state index contributed by atoms with van der Waals surface area (Å²) in [5.74, 6) is -0.0957. The molecule has 0 aromatic rings. The van der Waals surface area contributed by atoms with Crippen LogP contribution >= 0.6 is 0 Å². The normalized spacial score (nSPS) is 27.1. The van der Waals surface area contributed by atoms with Crippen molar-refractivity contribution in [1.82, 2.24) is 4.90 Å². The lowest BCUT2D eigenvalue weighted by Crippen LogP contribution is -2.57. The van der Waals surface area contributed by atoms with Crippen molar-refractivity contribution < 1.29 is 23.0 Å². The van der Waals surface area contributed by atoms with Crippen molar-refractivity contribution in [2.75, 3.05) is 19.7 Å². The minimum Gasteiger partial charge on any atom is -0.368 e. The SMILES string of the molecule is O=C([C@@H]1CCCO1)N1CC(OC(F)F)C1. The summed E-state index contributed by atoms with van der Waals surface area (Å²) in [6.45, 7) is -1.64. The van der Waals surface area contributed by atoms with Crippen molar-refractivity contribution >= 4 is 5.91 Å². The van der Waals surface area contributed by atoms with Crippen molar-refractivity contribution in [3.8, 4) is 0 Å². The summed E-state index contributed by atoms with van der Waals surface area (Å²) >= 11 is 0. The molecule has 0 aromatic heterocycles. The van der Waals surface area contributed by atoms with Crippen molar-refractivity contribution in [3.05, 3.63) is 0 Å². The maximum absolute atomic E-state index is 11.8. The summed E-state index contributed by atoms with van der Waals surface area (Å²) in [6.07, 6.45) is 0.740. The van der Waals surface area contributed by atoms with E-state index in [4.69, 9.17) is 4.74 Å². The van der Waals surface area contributed by atoms with Gasteiger partial charge >= 0.3 is 6.61 Å². The topological polar surface area (TPSA) is 38.8 Å². The lowest BCUT2D eigenvalue weighted by atomic mass is 10.1. The summed E-state index contributed by atoms with van der Waals surface area (Å²) in [6, 6.07) is 0. The van der Waals surface area contributed by atoms with E-state index in [0.29, 0.717) is 6.61 Å². The number of carbonyl (C=O) groups is 1. The van der Waals surface area contributed by atoms with E-state index in [9.17, 15) is 13.6 Å². The molecular weight excluding hydrogens is 208 g/mol. The highest BCUT2D eigenvalue weighted by Crippen LogP contribution is 2.20. The lowest BCUT2D eigenvalue weighted by molar-refractivity contribution is -0.201. The summed E-state index contributed by atoms with van der Waals surface area (Å²) in [4.78, 5) is 13.1. The number of rotatable bonds is 3. The van der Waals surface area contributed by atoms with Gasteiger partial charge in [0.2, 0.25) is 0 Å². The molecule has 1 amide bonds. The first-order valence-electron chi connectivity index (χ1n) is 5.01. The largest absolute Gasteiger partial charge is 0.368 e. The molecule has 0 spiro atoms. The van der Waals surface area contributed by atoms with Gasteiger partial charge in [0.25, 0.3) is 5.91 Å². The monoisotopic (exact) mass is 221 g/mol. The standard InChI is InChI=1S/C9H13F2NO3/c10-9(11)15-6-4-12(5-6)8(13)7-2-1-3-14-7/h6-7,9H,1-5H2/t7-/m0/s1. The first-order chi connectivity index (χ1) is 7.16. The Bertz CT molecular complexity index is 238. The van der Waals surface area contributed by atoms with Crippen LogP contribution in [0.25, 0.3) is 0 Å². The number of nitrogens with zero attached hydrogens (tertiary/aromatic N) is 1. The van der Waals surface area contributed by atoms with Crippen LogP contribution in [0.1, 0.15) is 12.8 Å². The lowest BCUT2D eigenvalue weighted by Gasteiger charge is -2.39. The van der Waals surface area contributed by atoms with Gasteiger partial charge in [-0.1, -0.05) is 0 Å². The molecule has 0 unspecified atom stereocenters. The second kappa shape index (κ2) is 4.40. The fraction of sp³-hybridized carbons (Fsp3) is 0.889. The highest BCUT2D eigenvalue weighted by molar-refractivity contribution is 5.82. The van der Waals surface area contributed by atoms with Gasteiger partial charge in [-0.25, -0.2) is 0 Å².